The molecule has 1 N–H and O–H groups in total. The number of hydrogen-bond donors (Lipinski definition) is 1. The molecule has 0 saturated carbocycles. The van der Waals surface area contributed by atoms with Crippen LogP contribution in [-0.4, -0.2) is 57.1 Å². The highest BCUT2D eigenvalue weighted by Gasteiger charge is 2.44. The molecule has 1 amide bonds. The molecular formula is C18H21N5O2. The van der Waals surface area contributed by atoms with E-state index in [4.69, 9.17) is 4.74 Å². The van der Waals surface area contributed by atoms with Gasteiger partial charge in [0.2, 0.25) is 0 Å². The van der Waals surface area contributed by atoms with E-state index in [0.29, 0.717) is 11.7 Å². The summed E-state index contributed by atoms with van der Waals surface area (Å²) in [6.07, 6.45) is 10.4. The molecule has 7 heteroatoms. The molecule has 4 heterocycles. The number of hydrogen-bond acceptors (Lipinski definition) is 6. The Hall–Kier alpha value is -2.38. The first kappa shape index (κ1) is 16.1. The van der Waals surface area contributed by atoms with Crippen molar-refractivity contribution in [2.24, 2.45) is 0 Å². The fourth-order valence-electron chi connectivity index (χ4n) is 3.74. The van der Waals surface area contributed by atoms with Crippen LogP contribution in [0.1, 0.15) is 28.9 Å². The summed E-state index contributed by atoms with van der Waals surface area (Å²) in [6.45, 7) is 2.36. The molecule has 2 fully saturated rings. The molecule has 0 aliphatic carbocycles. The predicted molar refractivity (Wildman–Crippen MR) is 90.7 cm³/mol. The Morgan fingerprint density at radius 1 is 1.24 bits per heavy atom. The Bertz CT molecular complexity index is 712. The van der Waals surface area contributed by atoms with Crippen molar-refractivity contribution in [3.63, 3.8) is 0 Å². The molecule has 2 aromatic rings. The molecule has 0 spiro atoms. The van der Waals surface area contributed by atoms with Crippen LogP contribution >= 0.6 is 0 Å². The van der Waals surface area contributed by atoms with E-state index in [-0.39, 0.29) is 18.1 Å². The van der Waals surface area contributed by atoms with Gasteiger partial charge in [0.25, 0.3) is 5.91 Å². The quantitative estimate of drug-likeness (QED) is 0.896. The van der Waals surface area contributed by atoms with Crippen molar-refractivity contribution in [2.75, 3.05) is 13.2 Å². The van der Waals surface area contributed by atoms with Crippen LogP contribution in [0.15, 0.2) is 43.1 Å². The predicted octanol–water partition coefficient (Wildman–Crippen LogP) is 1.03. The van der Waals surface area contributed by atoms with Crippen LogP contribution < -0.4 is 5.32 Å². The summed E-state index contributed by atoms with van der Waals surface area (Å²) in [5, 5.41) is 3.09. The lowest BCUT2D eigenvalue weighted by Crippen LogP contribution is -2.47. The van der Waals surface area contributed by atoms with Crippen molar-refractivity contribution >= 4 is 5.91 Å². The summed E-state index contributed by atoms with van der Waals surface area (Å²) in [5.41, 5.74) is 1.56. The lowest BCUT2D eigenvalue weighted by molar-refractivity contribution is -0.0211. The minimum Gasteiger partial charge on any atom is -0.374 e. The van der Waals surface area contributed by atoms with E-state index in [1.807, 2.05) is 24.5 Å². The molecule has 25 heavy (non-hydrogen) atoms. The number of fused-ring (bicyclic) bond motifs is 1. The Labute approximate surface area is 146 Å². The Morgan fingerprint density at radius 3 is 2.92 bits per heavy atom. The van der Waals surface area contributed by atoms with E-state index in [1.165, 1.54) is 18.0 Å². The largest absolute Gasteiger partial charge is 0.374 e. The average molecular weight is 339 g/mol. The van der Waals surface area contributed by atoms with Gasteiger partial charge in [0, 0.05) is 50.5 Å². The highest BCUT2D eigenvalue weighted by molar-refractivity contribution is 5.92. The second-order valence-corrected chi connectivity index (χ2v) is 6.50. The molecule has 2 saturated heterocycles. The van der Waals surface area contributed by atoms with E-state index >= 15 is 0 Å². The van der Waals surface area contributed by atoms with E-state index < -0.39 is 0 Å². The van der Waals surface area contributed by atoms with Gasteiger partial charge in [0.15, 0.2) is 0 Å². The Morgan fingerprint density at radius 2 is 2.12 bits per heavy atom. The third kappa shape index (κ3) is 3.52. The summed E-state index contributed by atoms with van der Waals surface area (Å²) in [7, 11) is 0. The fourth-order valence-corrected chi connectivity index (χ4v) is 3.74. The smallest absolute Gasteiger partial charge is 0.271 e. The number of carbonyl (C=O) groups is 1. The number of likely N-dealkylation sites (tertiary alicyclic amines) is 1. The van der Waals surface area contributed by atoms with Crippen LogP contribution in [0.4, 0.5) is 0 Å². The number of nitrogens with zero attached hydrogens (tertiary/aromatic N) is 4. The summed E-state index contributed by atoms with van der Waals surface area (Å²) in [4.78, 5) is 27.0. The van der Waals surface area contributed by atoms with E-state index in [2.05, 4.69) is 25.2 Å². The summed E-state index contributed by atoms with van der Waals surface area (Å²) >= 11 is 0. The molecule has 130 valence electrons. The van der Waals surface area contributed by atoms with Crippen LogP contribution in [0.5, 0.6) is 0 Å². The SMILES string of the molecule is O=C(N[C@@H]1CN(Cc2ccncc2)[C@@H]2CCCO[C@@H]21)c1cnccn1. The van der Waals surface area contributed by atoms with Gasteiger partial charge in [-0.15, -0.1) is 0 Å². The van der Waals surface area contributed by atoms with E-state index in [0.717, 1.165) is 32.5 Å². The first-order valence-electron chi connectivity index (χ1n) is 8.63. The summed E-state index contributed by atoms with van der Waals surface area (Å²) in [5.74, 6) is -0.197. The molecule has 0 unspecified atom stereocenters. The summed E-state index contributed by atoms with van der Waals surface area (Å²) < 4.78 is 6.01. The molecule has 3 atom stereocenters. The minimum atomic E-state index is -0.197. The molecular weight excluding hydrogens is 318 g/mol. The second-order valence-electron chi connectivity index (χ2n) is 6.50. The topological polar surface area (TPSA) is 80.2 Å². The Kier molecular flexibility index (Phi) is 4.67. The fraction of sp³-hybridized carbons (Fsp3) is 0.444. The average Bonchev–Trinajstić information content (AvgIpc) is 3.01. The van der Waals surface area contributed by atoms with Crippen molar-refractivity contribution in [3.05, 3.63) is 54.4 Å². The zero-order valence-electron chi connectivity index (χ0n) is 13.9. The van der Waals surface area contributed by atoms with Gasteiger partial charge in [0.1, 0.15) is 5.69 Å². The molecule has 0 radical (unpaired) electrons. The maximum absolute atomic E-state index is 12.4. The molecule has 2 aromatic heterocycles. The maximum atomic E-state index is 12.4. The lowest BCUT2D eigenvalue weighted by Gasteiger charge is -2.32. The van der Waals surface area contributed by atoms with Crippen molar-refractivity contribution in [3.8, 4) is 0 Å². The molecule has 2 aliphatic heterocycles. The number of amides is 1. The zero-order chi connectivity index (χ0) is 17.1. The molecule has 0 bridgehead atoms. The molecule has 2 aliphatic rings. The van der Waals surface area contributed by atoms with Crippen molar-refractivity contribution < 1.29 is 9.53 Å². The lowest BCUT2D eigenvalue weighted by atomic mass is 10.0. The first-order valence-corrected chi connectivity index (χ1v) is 8.63. The van der Waals surface area contributed by atoms with Crippen molar-refractivity contribution in [2.45, 2.75) is 37.6 Å². The third-order valence-electron chi connectivity index (χ3n) is 4.88. The van der Waals surface area contributed by atoms with Crippen molar-refractivity contribution in [1.82, 2.24) is 25.2 Å². The van der Waals surface area contributed by atoms with Crippen molar-refractivity contribution in [1.29, 1.82) is 0 Å². The van der Waals surface area contributed by atoms with Gasteiger partial charge < -0.3 is 10.1 Å². The number of pyridine rings is 1. The second kappa shape index (κ2) is 7.25. The third-order valence-corrected chi connectivity index (χ3v) is 4.88. The number of aromatic nitrogens is 3. The molecule has 0 aromatic carbocycles. The standard InChI is InChI=1S/C18H21N5O2/c24-18(14-10-20-7-8-21-14)22-15-12-23(11-13-3-5-19-6-4-13)16-2-1-9-25-17(15)16/h3-8,10,15-17H,1-2,9,11-12H2,(H,22,24)/t15-,16-,17-/m1/s1. The monoisotopic (exact) mass is 339 g/mol. The summed E-state index contributed by atoms with van der Waals surface area (Å²) in [6, 6.07) is 4.35. The minimum absolute atomic E-state index is 0.0243. The van der Waals surface area contributed by atoms with E-state index in [9.17, 15) is 4.79 Å². The van der Waals surface area contributed by atoms with Gasteiger partial charge in [-0.25, -0.2) is 4.98 Å². The van der Waals surface area contributed by atoms with Crippen LogP contribution in [0.25, 0.3) is 0 Å². The van der Waals surface area contributed by atoms with Gasteiger partial charge in [-0.3, -0.25) is 19.7 Å². The van der Waals surface area contributed by atoms with Crippen LogP contribution in [-0.2, 0) is 11.3 Å². The highest BCUT2D eigenvalue weighted by Crippen LogP contribution is 2.30. The van der Waals surface area contributed by atoms with E-state index in [1.54, 1.807) is 6.20 Å². The number of ether oxygens (including phenoxy) is 1. The highest BCUT2D eigenvalue weighted by atomic mass is 16.5. The van der Waals surface area contributed by atoms with Gasteiger partial charge in [0.05, 0.1) is 18.3 Å². The van der Waals surface area contributed by atoms with Crippen LogP contribution in [0, 0.1) is 0 Å². The van der Waals surface area contributed by atoms with Gasteiger partial charge >= 0.3 is 0 Å². The van der Waals surface area contributed by atoms with Crippen LogP contribution in [0.2, 0.25) is 0 Å². The number of carbonyl (C=O) groups excluding carboxylic acids is 1. The maximum Gasteiger partial charge on any atom is 0.271 e. The Balaban J connectivity index is 1.48. The molecule has 4 rings (SSSR count). The molecule has 7 nitrogen and oxygen atoms in total. The van der Waals surface area contributed by atoms with Gasteiger partial charge in [-0.2, -0.15) is 0 Å². The van der Waals surface area contributed by atoms with Gasteiger partial charge in [-0.05, 0) is 30.5 Å². The zero-order valence-corrected chi connectivity index (χ0v) is 13.9. The normalized spacial score (nSPS) is 26.2. The number of rotatable bonds is 4. The first-order chi connectivity index (χ1) is 12.3. The number of nitrogens with one attached hydrogen (secondary N) is 1. The van der Waals surface area contributed by atoms with Gasteiger partial charge in [-0.1, -0.05) is 0 Å². The van der Waals surface area contributed by atoms with Crippen LogP contribution in [0.3, 0.4) is 0 Å².